The molecule has 0 radical (unpaired) electrons. The molecule has 1 unspecified atom stereocenters. The number of piperidine rings is 1. The zero-order valence-electron chi connectivity index (χ0n) is 15.6. The van der Waals surface area contributed by atoms with E-state index < -0.39 is 18.4 Å². The Kier molecular flexibility index (Phi) is 5.14. The predicted molar refractivity (Wildman–Crippen MR) is 98.8 cm³/mol. The summed E-state index contributed by atoms with van der Waals surface area (Å²) < 4.78 is 54.4. The molecule has 0 bridgehead atoms. The molecule has 154 valence electrons. The first-order valence-corrected chi connectivity index (χ1v) is 9.53. The highest BCUT2D eigenvalue weighted by molar-refractivity contribution is 5.95. The van der Waals surface area contributed by atoms with Crippen molar-refractivity contribution in [1.29, 1.82) is 0 Å². The highest BCUT2D eigenvalue weighted by atomic mass is 19.4. The number of benzene rings is 1. The number of likely N-dealkylation sites (tertiary alicyclic amines) is 1. The number of fused-ring (bicyclic) bond motifs is 1. The molecule has 0 aliphatic carbocycles. The van der Waals surface area contributed by atoms with E-state index >= 15 is 0 Å². The molecule has 5 nitrogen and oxygen atoms in total. The minimum Gasteiger partial charge on any atom is -0.338 e. The first kappa shape index (κ1) is 19.6. The van der Waals surface area contributed by atoms with Crippen molar-refractivity contribution in [3.05, 3.63) is 47.9 Å². The van der Waals surface area contributed by atoms with Gasteiger partial charge in [-0.25, -0.2) is 9.37 Å². The van der Waals surface area contributed by atoms with Crippen LogP contribution in [0.4, 0.5) is 29.1 Å². The number of nitrogens with zero attached hydrogens (tertiary/aromatic N) is 4. The van der Waals surface area contributed by atoms with Crippen molar-refractivity contribution in [1.82, 2.24) is 14.9 Å². The zero-order chi connectivity index (χ0) is 20.6. The highest BCUT2D eigenvalue weighted by Gasteiger charge is 2.47. The number of aromatic nitrogens is 2. The van der Waals surface area contributed by atoms with Crippen molar-refractivity contribution in [2.24, 2.45) is 0 Å². The van der Waals surface area contributed by atoms with Crippen LogP contribution in [-0.2, 0) is 6.42 Å². The van der Waals surface area contributed by atoms with Crippen molar-refractivity contribution in [2.45, 2.75) is 44.1 Å². The SMILES string of the molecule is O=C(c1ccc2c(c1)CCC(C(F)(F)F)N2c1cnccn1)N1CCC(F)CC1. The van der Waals surface area contributed by atoms with Crippen LogP contribution in [0.3, 0.4) is 0 Å². The number of amides is 1. The Hall–Kier alpha value is -2.71. The van der Waals surface area contributed by atoms with Crippen LogP contribution >= 0.6 is 0 Å². The number of carbonyl (C=O) groups is 1. The maximum Gasteiger partial charge on any atom is 0.409 e. The van der Waals surface area contributed by atoms with Gasteiger partial charge in [0, 0.05) is 36.7 Å². The van der Waals surface area contributed by atoms with E-state index in [0.29, 0.717) is 42.7 Å². The van der Waals surface area contributed by atoms with Gasteiger partial charge >= 0.3 is 6.18 Å². The minimum atomic E-state index is -4.43. The molecule has 2 aliphatic rings. The molecule has 2 aromatic rings. The summed E-state index contributed by atoms with van der Waals surface area (Å²) in [7, 11) is 0. The summed E-state index contributed by atoms with van der Waals surface area (Å²) in [5.41, 5.74) is 1.44. The van der Waals surface area contributed by atoms with Crippen LogP contribution in [0, 0.1) is 0 Å². The second-order valence-corrected chi connectivity index (χ2v) is 7.34. The van der Waals surface area contributed by atoms with Gasteiger partial charge in [-0.1, -0.05) is 0 Å². The number of anilines is 2. The van der Waals surface area contributed by atoms with Crippen molar-refractivity contribution < 1.29 is 22.4 Å². The Morgan fingerprint density at radius 2 is 1.86 bits per heavy atom. The first-order valence-electron chi connectivity index (χ1n) is 9.53. The number of carbonyl (C=O) groups excluding carboxylic acids is 1. The van der Waals surface area contributed by atoms with Crippen molar-refractivity contribution >= 4 is 17.4 Å². The Morgan fingerprint density at radius 3 is 2.52 bits per heavy atom. The van der Waals surface area contributed by atoms with Gasteiger partial charge in [-0.05, 0) is 49.4 Å². The summed E-state index contributed by atoms with van der Waals surface area (Å²) in [6.07, 6.45) is -0.587. The van der Waals surface area contributed by atoms with Gasteiger partial charge in [0.25, 0.3) is 5.91 Å². The van der Waals surface area contributed by atoms with Crippen LogP contribution < -0.4 is 4.90 Å². The van der Waals surface area contributed by atoms with Crippen molar-refractivity contribution in [3.8, 4) is 0 Å². The van der Waals surface area contributed by atoms with E-state index in [9.17, 15) is 22.4 Å². The van der Waals surface area contributed by atoms with E-state index in [1.54, 1.807) is 11.0 Å². The van der Waals surface area contributed by atoms with Gasteiger partial charge in [0.2, 0.25) is 0 Å². The molecular formula is C20H20F4N4O. The molecule has 1 saturated heterocycles. The number of aryl methyl sites for hydroxylation is 1. The number of alkyl halides is 4. The summed E-state index contributed by atoms with van der Waals surface area (Å²) in [6.45, 7) is 0.692. The molecule has 1 aromatic carbocycles. The molecular weight excluding hydrogens is 388 g/mol. The summed E-state index contributed by atoms with van der Waals surface area (Å²) in [5, 5.41) is 0. The van der Waals surface area contributed by atoms with Crippen LogP contribution in [0.5, 0.6) is 0 Å². The van der Waals surface area contributed by atoms with Gasteiger partial charge in [-0.15, -0.1) is 0 Å². The first-order chi connectivity index (χ1) is 13.8. The van der Waals surface area contributed by atoms with E-state index in [4.69, 9.17) is 0 Å². The van der Waals surface area contributed by atoms with Crippen LogP contribution in [0.2, 0.25) is 0 Å². The van der Waals surface area contributed by atoms with Gasteiger partial charge in [0.15, 0.2) is 5.82 Å². The number of hydrogen-bond donors (Lipinski definition) is 0. The normalized spacial score (nSPS) is 20.5. The van der Waals surface area contributed by atoms with Gasteiger partial charge in [-0.3, -0.25) is 9.78 Å². The van der Waals surface area contributed by atoms with Gasteiger partial charge in [0.1, 0.15) is 12.2 Å². The third-order valence-electron chi connectivity index (χ3n) is 5.47. The quantitative estimate of drug-likeness (QED) is 0.703. The minimum absolute atomic E-state index is 0.111. The van der Waals surface area contributed by atoms with Gasteiger partial charge < -0.3 is 9.80 Å². The van der Waals surface area contributed by atoms with E-state index in [1.165, 1.54) is 30.7 Å². The van der Waals surface area contributed by atoms with Crippen LogP contribution in [-0.4, -0.2) is 52.3 Å². The molecule has 29 heavy (non-hydrogen) atoms. The summed E-state index contributed by atoms with van der Waals surface area (Å²) in [6, 6.07) is 3.01. The Morgan fingerprint density at radius 1 is 1.10 bits per heavy atom. The van der Waals surface area contributed by atoms with E-state index in [-0.39, 0.29) is 24.6 Å². The highest BCUT2D eigenvalue weighted by Crippen LogP contribution is 2.42. The molecule has 1 fully saturated rings. The monoisotopic (exact) mass is 408 g/mol. The topological polar surface area (TPSA) is 49.3 Å². The lowest BCUT2D eigenvalue weighted by Gasteiger charge is -2.39. The van der Waals surface area contributed by atoms with Gasteiger partial charge in [0.05, 0.1) is 6.20 Å². The number of hydrogen-bond acceptors (Lipinski definition) is 4. The summed E-state index contributed by atoms with van der Waals surface area (Å²) in [5.74, 6) is -0.108. The second kappa shape index (κ2) is 7.61. The fourth-order valence-electron chi connectivity index (χ4n) is 3.99. The third-order valence-corrected chi connectivity index (χ3v) is 5.47. The van der Waals surface area contributed by atoms with E-state index in [2.05, 4.69) is 9.97 Å². The van der Waals surface area contributed by atoms with Crippen LogP contribution in [0.1, 0.15) is 35.2 Å². The average Bonchev–Trinajstić information content (AvgIpc) is 2.72. The summed E-state index contributed by atoms with van der Waals surface area (Å²) in [4.78, 5) is 23.5. The largest absolute Gasteiger partial charge is 0.409 e. The Labute approximate surface area is 165 Å². The van der Waals surface area contributed by atoms with E-state index in [0.717, 1.165) is 4.90 Å². The maximum absolute atomic E-state index is 13.7. The smallest absolute Gasteiger partial charge is 0.338 e. The predicted octanol–water partition coefficient (Wildman–Crippen LogP) is 4.07. The van der Waals surface area contributed by atoms with Crippen LogP contribution in [0.15, 0.2) is 36.8 Å². The molecule has 0 saturated carbocycles. The van der Waals surface area contributed by atoms with Crippen molar-refractivity contribution in [2.75, 3.05) is 18.0 Å². The number of halogens is 4. The molecule has 1 aromatic heterocycles. The van der Waals surface area contributed by atoms with Crippen molar-refractivity contribution in [3.63, 3.8) is 0 Å². The zero-order valence-corrected chi connectivity index (χ0v) is 15.6. The lowest BCUT2D eigenvalue weighted by molar-refractivity contribution is -0.149. The maximum atomic E-state index is 13.7. The molecule has 0 N–H and O–H groups in total. The molecule has 1 atom stereocenters. The molecule has 4 rings (SSSR count). The lowest BCUT2D eigenvalue weighted by Crippen LogP contribution is -2.46. The van der Waals surface area contributed by atoms with Gasteiger partial charge in [-0.2, -0.15) is 13.2 Å². The Balaban J connectivity index is 1.67. The molecule has 2 aliphatic heterocycles. The third kappa shape index (κ3) is 3.90. The summed E-state index contributed by atoms with van der Waals surface area (Å²) >= 11 is 0. The molecule has 3 heterocycles. The lowest BCUT2D eigenvalue weighted by atomic mass is 9.93. The van der Waals surface area contributed by atoms with E-state index in [1.807, 2.05) is 0 Å². The standard InChI is InChI=1S/C20H20F4N4O/c21-15-5-9-27(10-6-15)19(29)14-1-3-16-13(11-14)2-4-17(20(22,23)24)28(16)18-12-25-7-8-26-18/h1,3,7-8,11-12,15,17H,2,4-6,9-10H2. The fraction of sp³-hybridized carbons (Fsp3) is 0.450. The number of rotatable bonds is 2. The second-order valence-electron chi connectivity index (χ2n) is 7.34. The molecule has 9 heteroatoms. The molecule has 1 amide bonds. The molecule has 0 spiro atoms. The average molecular weight is 408 g/mol. The fourth-order valence-corrected chi connectivity index (χ4v) is 3.99. The Bertz CT molecular complexity index is 882. The van der Waals surface area contributed by atoms with Crippen LogP contribution in [0.25, 0.3) is 0 Å².